The molecule has 0 saturated heterocycles. The molecular weight excluding hydrogens is 248 g/mol. The summed E-state index contributed by atoms with van der Waals surface area (Å²) in [5.41, 5.74) is 2.08. The Bertz CT molecular complexity index is 587. The Balaban J connectivity index is 1.75. The summed E-state index contributed by atoms with van der Waals surface area (Å²) in [5, 5.41) is 0. The lowest BCUT2D eigenvalue weighted by molar-refractivity contribution is -0.134. The van der Waals surface area contributed by atoms with Gasteiger partial charge in [0.15, 0.2) is 0 Å². The molecule has 0 N–H and O–H groups in total. The van der Waals surface area contributed by atoms with Crippen LogP contribution in [0.3, 0.4) is 0 Å². The van der Waals surface area contributed by atoms with Crippen LogP contribution in [-0.2, 0) is 9.53 Å². The van der Waals surface area contributed by atoms with Crippen molar-refractivity contribution >= 4 is 12.0 Å². The van der Waals surface area contributed by atoms with Crippen LogP contribution in [0.25, 0.3) is 6.08 Å². The van der Waals surface area contributed by atoms with E-state index in [2.05, 4.69) is 12.1 Å². The molecule has 20 heavy (non-hydrogen) atoms. The Kier molecular flexibility index (Phi) is 5.35. The van der Waals surface area contributed by atoms with Crippen LogP contribution in [0, 0.1) is 0 Å². The van der Waals surface area contributed by atoms with E-state index in [1.54, 1.807) is 0 Å². The van der Waals surface area contributed by atoms with Crippen molar-refractivity contribution in [3.8, 4) is 0 Å². The summed E-state index contributed by atoms with van der Waals surface area (Å²) in [6.45, 7) is 0.374. The lowest BCUT2D eigenvalue weighted by atomic mass is 10.2. The Morgan fingerprint density at radius 1 is 0.850 bits per heavy atom. The van der Waals surface area contributed by atoms with E-state index in [4.69, 9.17) is 4.74 Å². The third-order valence-corrected chi connectivity index (χ3v) is 2.64. The maximum absolute atomic E-state index is 10.8. The van der Waals surface area contributed by atoms with Crippen molar-refractivity contribution in [2.24, 2.45) is 0 Å². The molecule has 1 aliphatic heterocycles. The smallest absolute Gasteiger partial charge is 0.331 e. The van der Waals surface area contributed by atoms with E-state index >= 15 is 0 Å². The molecule has 0 saturated carbocycles. The monoisotopic (exact) mass is 264 g/mol. The average molecular weight is 264 g/mol. The van der Waals surface area contributed by atoms with Crippen LogP contribution in [0.4, 0.5) is 0 Å². The zero-order valence-electron chi connectivity index (χ0n) is 11.1. The minimum Gasteiger partial charge on any atom is -0.458 e. The molecule has 0 aliphatic carbocycles. The Morgan fingerprint density at radius 3 is 2.15 bits per heavy atom. The van der Waals surface area contributed by atoms with Gasteiger partial charge in [-0.3, -0.25) is 0 Å². The number of rotatable bonds is 5. The van der Waals surface area contributed by atoms with Crippen LogP contribution >= 0.6 is 0 Å². The summed E-state index contributed by atoms with van der Waals surface area (Å²) < 4.78 is 4.79. The fourth-order valence-electron chi connectivity index (χ4n) is 1.65. The lowest BCUT2D eigenvalue weighted by Crippen LogP contribution is -1.90. The number of ether oxygens (including phenoxy) is 1. The molecule has 1 heterocycles. The SMILES string of the molecule is O=C1C=C(/C=C/C=C/C=C/C=C/c2ccccc2)CO1. The average Bonchev–Trinajstić information content (AvgIpc) is 2.88. The summed E-state index contributed by atoms with van der Waals surface area (Å²) in [6, 6.07) is 10.1. The Morgan fingerprint density at radius 2 is 1.50 bits per heavy atom. The number of benzene rings is 1. The second-order valence-electron chi connectivity index (χ2n) is 4.23. The fraction of sp³-hybridized carbons (Fsp3) is 0.0556. The van der Waals surface area contributed by atoms with E-state index in [0.29, 0.717) is 6.61 Å². The first kappa shape index (κ1) is 13.8. The van der Waals surface area contributed by atoms with Gasteiger partial charge < -0.3 is 4.74 Å². The second-order valence-corrected chi connectivity index (χ2v) is 4.23. The van der Waals surface area contributed by atoms with Gasteiger partial charge in [-0.25, -0.2) is 4.79 Å². The van der Waals surface area contributed by atoms with Gasteiger partial charge in [-0.05, 0) is 11.1 Å². The second kappa shape index (κ2) is 7.74. The largest absolute Gasteiger partial charge is 0.458 e. The maximum atomic E-state index is 10.8. The molecule has 0 bridgehead atoms. The van der Waals surface area contributed by atoms with Crippen LogP contribution in [0.5, 0.6) is 0 Å². The van der Waals surface area contributed by atoms with Gasteiger partial charge in [0.2, 0.25) is 0 Å². The molecular formula is C18H16O2. The van der Waals surface area contributed by atoms with Crippen LogP contribution in [0.15, 0.2) is 84.5 Å². The molecule has 1 aromatic rings. The van der Waals surface area contributed by atoms with Gasteiger partial charge in [0.1, 0.15) is 6.61 Å². The summed E-state index contributed by atoms with van der Waals surface area (Å²) in [4.78, 5) is 10.8. The van der Waals surface area contributed by atoms with Crippen molar-refractivity contribution in [2.45, 2.75) is 0 Å². The van der Waals surface area contributed by atoms with E-state index in [1.165, 1.54) is 11.6 Å². The number of carbonyl (C=O) groups is 1. The molecule has 0 atom stereocenters. The first-order valence-corrected chi connectivity index (χ1v) is 6.45. The van der Waals surface area contributed by atoms with E-state index in [9.17, 15) is 4.79 Å². The topological polar surface area (TPSA) is 26.3 Å². The third kappa shape index (κ3) is 4.94. The van der Waals surface area contributed by atoms with Crippen molar-refractivity contribution in [3.05, 3.63) is 90.1 Å². The quantitative estimate of drug-likeness (QED) is 0.596. The highest BCUT2D eigenvalue weighted by Crippen LogP contribution is 2.06. The molecule has 100 valence electrons. The standard InChI is InChI=1S/C18H16O2/c19-18-14-17(15-20-18)13-7-4-2-1-3-6-10-16-11-8-5-9-12-16/h1-14H,15H2/b3-1+,4-2+,10-6+,13-7+. The summed E-state index contributed by atoms with van der Waals surface area (Å²) >= 11 is 0. The number of allylic oxidation sites excluding steroid dienone is 6. The summed E-state index contributed by atoms with van der Waals surface area (Å²) in [6.07, 6.45) is 17.1. The molecule has 1 aliphatic rings. The van der Waals surface area contributed by atoms with E-state index < -0.39 is 0 Å². The minimum absolute atomic E-state index is 0.264. The van der Waals surface area contributed by atoms with Gasteiger partial charge in [-0.2, -0.15) is 0 Å². The van der Waals surface area contributed by atoms with Gasteiger partial charge in [0.25, 0.3) is 0 Å². The number of cyclic esters (lactones) is 1. The Hall–Kier alpha value is -2.61. The molecule has 0 radical (unpaired) electrons. The van der Waals surface area contributed by atoms with Gasteiger partial charge in [0.05, 0.1) is 0 Å². The van der Waals surface area contributed by atoms with E-state index in [0.717, 1.165) is 5.57 Å². The van der Waals surface area contributed by atoms with Crippen LogP contribution in [0.2, 0.25) is 0 Å². The van der Waals surface area contributed by atoms with Crippen molar-refractivity contribution in [3.63, 3.8) is 0 Å². The number of hydrogen-bond acceptors (Lipinski definition) is 2. The Labute approximate surface area is 119 Å². The zero-order chi connectivity index (χ0) is 14.0. The molecule has 2 nitrogen and oxygen atoms in total. The van der Waals surface area contributed by atoms with Crippen molar-refractivity contribution in [1.82, 2.24) is 0 Å². The summed E-state index contributed by atoms with van der Waals surface area (Å²) in [5.74, 6) is -0.264. The van der Waals surface area contributed by atoms with Gasteiger partial charge in [0, 0.05) is 6.08 Å². The molecule has 0 fully saturated rings. The number of esters is 1. The van der Waals surface area contributed by atoms with Crippen molar-refractivity contribution in [2.75, 3.05) is 6.61 Å². The molecule has 0 spiro atoms. The van der Waals surface area contributed by atoms with E-state index in [-0.39, 0.29) is 5.97 Å². The predicted molar refractivity (Wildman–Crippen MR) is 81.9 cm³/mol. The van der Waals surface area contributed by atoms with Crippen LogP contribution in [0.1, 0.15) is 5.56 Å². The molecule has 2 heteroatoms. The fourth-order valence-corrected chi connectivity index (χ4v) is 1.65. The minimum atomic E-state index is -0.264. The lowest BCUT2D eigenvalue weighted by Gasteiger charge is -1.88. The predicted octanol–water partition coefficient (Wildman–Crippen LogP) is 3.85. The highest BCUT2D eigenvalue weighted by molar-refractivity contribution is 5.86. The number of hydrogen-bond donors (Lipinski definition) is 0. The van der Waals surface area contributed by atoms with Crippen molar-refractivity contribution in [1.29, 1.82) is 0 Å². The molecule has 0 amide bonds. The van der Waals surface area contributed by atoms with Crippen LogP contribution in [-0.4, -0.2) is 12.6 Å². The van der Waals surface area contributed by atoms with E-state index in [1.807, 2.05) is 66.8 Å². The first-order valence-electron chi connectivity index (χ1n) is 6.45. The van der Waals surface area contributed by atoms with Crippen LogP contribution < -0.4 is 0 Å². The highest BCUT2D eigenvalue weighted by Gasteiger charge is 2.08. The highest BCUT2D eigenvalue weighted by atomic mass is 16.5. The molecule has 0 aromatic heterocycles. The van der Waals surface area contributed by atoms with Crippen molar-refractivity contribution < 1.29 is 9.53 Å². The van der Waals surface area contributed by atoms with Gasteiger partial charge in [-0.15, -0.1) is 0 Å². The normalized spacial score (nSPS) is 15.8. The molecule has 1 aromatic carbocycles. The maximum Gasteiger partial charge on any atom is 0.331 e. The third-order valence-electron chi connectivity index (χ3n) is 2.64. The van der Waals surface area contributed by atoms with Gasteiger partial charge in [-0.1, -0.05) is 78.9 Å². The van der Waals surface area contributed by atoms with Gasteiger partial charge >= 0.3 is 5.97 Å². The zero-order valence-corrected chi connectivity index (χ0v) is 11.1. The first-order chi connectivity index (χ1) is 9.84. The number of carbonyl (C=O) groups excluding carboxylic acids is 1. The summed E-state index contributed by atoms with van der Waals surface area (Å²) in [7, 11) is 0. The molecule has 0 unspecified atom stereocenters. The molecule has 2 rings (SSSR count).